The molecule has 4 nitrogen and oxygen atoms in total. The van der Waals surface area contributed by atoms with Crippen LogP contribution in [-0.2, 0) is 13.0 Å². The van der Waals surface area contributed by atoms with Gasteiger partial charge in [0.05, 0.1) is 17.6 Å². The topological polar surface area (TPSA) is 50.7 Å². The summed E-state index contributed by atoms with van der Waals surface area (Å²) in [6.45, 7) is 4.76. The van der Waals surface area contributed by atoms with E-state index < -0.39 is 0 Å². The maximum Gasteiger partial charge on any atom is 0.138 e. The minimum Gasteiger partial charge on any atom is -0.364 e. The van der Waals surface area contributed by atoms with E-state index in [1.54, 1.807) is 17.5 Å². The Balaban J connectivity index is 1.92. The lowest BCUT2D eigenvalue weighted by molar-refractivity contribution is 1.01. The van der Waals surface area contributed by atoms with Crippen LogP contribution in [-0.4, -0.2) is 15.0 Å². The normalized spacial score (nSPS) is 10.9. The molecular formula is C15H16N4S. The molecule has 3 aromatic heterocycles. The van der Waals surface area contributed by atoms with Gasteiger partial charge in [0.15, 0.2) is 0 Å². The van der Waals surface area contributed by atoms with Gasteiger partial charge in [-0.2, -0.15) is 0 Å². The fourth-order valence-electron chi connectivity index (χ4n) is 2.06. The van der Waals surface area contributed by atoms with E-state index in [1.807, 2.05) is 25.1 Å². The molecule has 0 bridgehead atoms. The van der Waals surface area contributed by atoms with Crippen LogP contribution in [0.1, 0.15) is 23.3 Å². The Hall–Kier alpha value is -2.01. The number of rotatable bonds is 4. The molecule has 0 fully saturated rings. The summed E-state index contributed by atoms with van der Waals surface area (Å²) in [5.41, 5.74) is 1.00. The summed E-state index contributed by atoms with van der Waals surface area (Å²) in [4.78, 5) is 15.7. The Morgan fingerprint density at radius 1 is 1.25 bits per heavy atom. The quantitative estimate of drug-likeness (QED) is 0.795. The number of nitrogens with zero attached hydrogens (tertiary/aromatic N) is 3. The molecule has 0 aliphatic heterocycles. The molecule has 0 saturated carbocycles. The number of aryl methyl sites for hydroxylation is 2. The third-order valence-electron chi connectivity index (χ3n) is 3.07. The van der Waals surface area contributed by atoms with Gasteiger partial charge in [0.1, 0.15) is 16.5 Å². The zero-order valence-electron chi connectivity index (χ0n) is 11.6. The number of aromatic nitrogens is 3. The maximum absolute atomic E-state index is 4.52. The SMILES string of the molecule is CCc1cc2c(NCc3ccccn3)nc(C)nc2s1. The van der Waals surface area contributed by atoms with Gasteiger partial charge in [0.2, 0.25) is 0 Å². The molecule has 20 heavy (non-hydrogen) atoms. The van der Waals surface area contributed by atoms with Crippen LogP contribution in [0.5, 0.6) is 0 Å². The highest BCUT2D eigenvalue weighted by molar-refractivity contribution is 7.18. The minimum absolute atomic E-state index is 0.670. The van der Waals surface area contributed by atoms with Crippen molar-refractivity contribution < 1.29 is 0 Å². The number of nitrogens with one attached hydrogen (secondary N) is 1. The van der Waals surface area contributed by atoms with Crippen molar-refractivity contribution >= 4 is 27.4 Å². The summed E-state index contributed by atoms with van der Waals surface area (Å²) in [5, 5.41) is 4.48. The van der Waals surface area contributed by atoms with Gasteiger partial charge in [-0.3, -0.25) is 4.98 Å². The van der Waals surface area contributed by atoms with E-state index in [-0.39, 0.29) is 0 Å². The Morgan fingerprint density at radius 2 is 2.15 bits per heavy atom. The molecular weight excluding hydrogens is 268 g/mol. The molecule has 5 heteroatoms. The highest BCUT2D eigenvalue weighted by atomic mass is 32.1. The van der Waals surface area contributed by atoms with Crippen molar-refractivity contribution in [3.8, 4) is 0 Å². The molecule has 0 unspecified atom stereocenters. The summed E-state index contributed by atoms with van der Waals surface area (Å²) in [6.07, 6.45) is 2.83. The molecule has 0 atom stereocenters. The van der Waals surface area contributed by atoms with E-state index >= 15 is 0 Å². The minimum atomic E-state index is 0.670. The number of hydrogen-bond donors (Lipinski definition) is 1. The fraction of sp³-hybridized carbons (Fsp3) is 0.267. The van der Waals surface area contributed by atoms with Gasteiger partial charge in [-0.25, -0.2) is 9.97 Å². The predicted octanol–water partition coefficient (Wildman–Crippen LogP) is 3.57. The lowest BCUT2D eigenvalue weighted by Gasteiger charge is -2.07. The number of anilines is 1. The van der Waals surface area contributed by atoms with Gasteiger partial charge in [-0.05, 0) is 31.5 Å². The van der Waals surface area contributed by atoms with Gasteiger partial charge < -0.3 is 5.32 Å². The van der Waals surface area contributed by atoms with Crippen molar-refractivity contribution in [2.45, 2.75) is 26.8 Å². The summed E-state index contributed by atoms with van der Waals surface area (Å²) in [6, 6.07) is 8.09. The molecule has 3 heterocycles. The average Bonchev–Trinajstić information content (AvgIpc) is 2.88. The van der Waals surface area contributed by atoms with Crippen molar-refractivity contribution in [3.05, 3.63) is 46.9 Å². The smallest absolute Gasteiger partial charge is 0.138 e. The van der Waals surface area contributed by atoms with Crippen LogP contribution in [0.15, 0.2) is 30.5 Å². The molecule has 0 aliphatic carbocycles. The highest BCUT2D eigenvalue weighted by Gasteiger charge is 2.09. The van der Waals surface area contributed by atoms with Crippen LogP contribution in [0.2, 0.25) is 0 Å². The number of pyridine rings is 1. The van der Waals surface area contributed by atoms with Gasteiger partial charge in [0.25, 0.3) is 0 Å². The van der Waals surface area contributed by atoms with E-state index in [2.05, 4.69) is 33.3 Å². The summed E-state index contributed by atoms with van der Waals surface area (Å²) in [5.74, 6) is 1.69. The van der Waals surface area contributed by atoms with Crippen LogP contribution >= 0.6 is 11.3 Å². The van der Waals surface area contributed by atoms with Crippen LogP contribution in [0.3, 0.4) is 0 Å². The zero-order valence-corrected chi connectivity index (χ0v) is 12.4. The van der Waals surface area contributed by atoms with Crippen molar-refractivity contribution in [3.63, 3.8) is 0 Å². The largest absolute Gasteiger partial charge is 0.364 e. The highest BCUT2D eigenvalue weighted by Crippen LogP contribution is 2.29. The van der Waals surface area contributed by atoms with Crippen molar-refractivity contribution in [2.24, 2.45) is 0 Å². The first-order chi connectivity index (χ1) is 9.76. The average molecular weight is 284 g/mol. The van der Waals surface area contributed by atoms with Crippen LogP contribution < -0.4 is 5.32 Å². The third-order valence-corrected chi connectivity index (χ3v) is 4.24. The summed E-state index contributed by atoms with van der Waals surface area (Å²) < 4.78 is 0. The van der Waals surface area contributed by atoms with Crippen LogP contribution in [0.25, 0.3) is 10.2 Å². The molecule has 0 amide bonds. The Kier molecular flexibility index (Phi) is 3.60. The van der Waals surface area contributed by atoms with Crippen LogP contribution in [0, 0.1) is 6.92 Å². The molecule has 0 aliphatic rings. The number of thiophene rings is 1. The van der Waals surface area contributed by atoms with E-state index in [4.69, 9.17) is 0 Å². The third kappa shape index (κ3) is 2.63. The molecule has 0 saturated heterocycles. The van der Waals surface area contributed by atoms with E-state index in [0.717, 1.165) is 34.0 Å². The second kappa shape index (κ2) is 5.54. The lowest BCUT2D eigenvalue weighted by atomic mass is 10.3. The van der Waals surface area contributed by atoms with Crippen molar-refractivity contribution in [1.29, 1.82) is 0 Å². The number of fused-ring (bicyclic) bond motifs is 1. The molecule has 1 N–H and O–H groups in total. The standard InChI is InChI=1S/C15H16N4S/c1-3-12-8-13-14(18-10(2)19-15(13)20-12)17-9-11-6-4-5-7-16-11/h4-8H,3,9H2,1-2H3,(H,17,18,19). The summed E-state index contributed by atoms with van der Waals surface area (Å²) >= 11 is 1.74. The summed E-state index contributed by atoms with van der Waals surface area (Å²) in [7, 11) is 0. The Labute approximate surface area is 121 Å². The van der Waals surface area contributed by atoms with Gasteiger partial charge in [0, 0.05) is 11.1 Å². The molecule has 102 valence electrons. The number of hydrogen-bond acceptors (Lipinski definition) is 5. The van der Waals surface area contributed by atoms with E-state index in [0.29, 0.717) is 6.54 Å². The monoisotopic (exact) mass is 284 g/mol. The predicted molar refractivity (Wildman–Crippen MR) is 83.1 cm³/mol. The second-order valence-electron chi connectivity index (χ2n) is 4.58. The molecule has 0 aromatic carbocycles. The van der Waals surface area contributed by atoms with Gasteiger partial charge in [-0.15, -0.1) is 11.3 Å². The molecule has 3 aromatic rings. The Bertz CT molecular complexity index is 721. The zero-order chi connectivity index (χ0) is 13.9. The first kappa shape index (κ1) is 13.0. The fourth-order valence-corrected chi connectivity index (χ4v) is 3.08. The molecule has 3 rings (SSSR count). The van der Waals surface area contributed by atoms with Crippen molar-refractivity contribution in [1.82, 2.24) is 15.0 Å². The van der Waals surface area contributed by atoms with E-state index in [1.165, 1.54) is 4.88 Å². The van der Waals surface area contributed by atoms with Crippen LogP contribution in [0.4, 0.5) is 5.82 Å². The van der Waals surface area contributed by atoms with Gasteiger partial charge in [-0.1, -0.05) is 13.0 Å². The van der Waals surface area contributed by atoms with E-state index in [9.17, 15) is 0 Å². The van der Waals surface area contributed by atoms with Crippen molar-refractivity contribution in [2.75, 3.05) is 5.32 Å². The maximum atomic E-state index is 4.52. The molecule has 0 spiro atoms. The van der Waals surface area contributed by atoms with Gasteiger partial charge >= 0.3 is 0 Å². The Morgan fingerprint density at radius 3 is 2.90 bits per heavy atom. The second-order valence-corrected chi connectivity index (χ2v) is 5.69. The first-order valence-corrected chi connectivity index (χ1v) is 7.48. The lowest BCUT2D eigenvalue weighted by Crippen LogP contribution is -2.04. The molecule has 0 radical (unpaired) electrons. The first-order valence-electron chi connectivity index (χ1n) is 6.67.